The fourth-order valence-corrected chi connectivity index (χ4v) is 0.665. The highest BCUT2D eigenvalue weighted by Gasteiger charge is 2.05. The van der Waals surface area contributed by atoms with Crippen LogP contribution in [0.25, 0.3) is 0 Å². The molecule has 0 fully saturated rings. The van der Waals surface area contributed by atoms with Crippen molar-refractivity contribution in [3.63, 3.8) is 0 Å². The Morgan fingerprint density at radius 2 is 2.10 bits per heavy atom. The Morgan fingerprint density at radius 3 is 2.60 bits per heavy atom. The van der Waals surface area contributed by atoms with Crippen molar-refractivity contribution >= 4 is 12.6 Å². The smallest absolute Gasteiger partial charge is 0.161 e. The van der Waals surface area contributed by atoms with Gasteiger partial charge >= 0.3 is 0 Å². The van der Waals surface area contributed by atoms with Crippen molar-refractivity contribution in [3.05, 3.63) is 18.5 Å². The summed E-state index contributed by atoms with van der Waals surface area (Å²) in [5.74, 6) is 0.689. The van der Waals surface area contributed by atoms with Gasteiger partial charge in [0.15, 0.2) is 5.82 Å². The zero-order valence-electron chi connectivity index (χ0n) is 5.18. The van der Waals surface area contributed by atoms with Crippen LogP contribution in [0.1, 0.15) is 11.9 Å². The number of hydrogen-bond donors (Lipinski definition) is 2. The SMILES string of the molecule is OC(CS)c1ncncn1. The van der Waals surface area contributed by atoms with E-state index >= 15 is 0 Å². The van der Waals surface area contributed by atoms with Crippen molar-refractivity contribution in [1.29, 1.82) is 0 Å². The second-order valence-electron chi connectivity index (χ2n) is 1.69. The molecule has 0 bridgehead atoms. The summed E-state index contributed by atoms with van der Waals surface area (Å²) in [6, 6.07) is 0. The number of aromatic nitrogens is 3. The van der Waals surface area contributed by atoms with Crippen LogP contribution in [-0.2, 0) is 0 Å². The lowest BCUT2D eigenvalue weighted by molar-refractivity contribution is 0.193. The van der Waals surface area contributed by atoms with Crippen molar-refractivity contribution in [2.24, 2.45) is 0 Å². The third-order valence-electron chi connectivity index (χ3n) is 0.984. The average molecular weight is 157 g/mol. The maximum atomic E-state index is 9.10. The van der Waals surface area contributed by atoms with Gasteiger partial charge < -0.3 is 5.11 Å². The van der Waals surface area contributed by atoms with Gasteiger partial charge in [0.1, 0.15) is 18.8 Å². The maximum Gasteiger partial charge on any atom is 0.161 e. The Balaban J connectivity index is 2.75. The molecule has 0 aliphatic carbocycles. The lowest BCUT2D eigenvalue weighted by Gasteiger charge is -2.02. The predicted octanol–water partition coefficient (Wildman–Crippen LogP) is -0.165. The van der Waals surface area contributed by atoms with Crippen molar-refractivity contribution in [3.8, 4) is 0 Å². The van der Waals surface area contributed by atoms with Gasteiger partial charge in [0.2, 0.25) is 0 Å². The highest BCUT2D eigenvalue weighted by Crippen LogP contribution is 2.05. The van der Waals surface area contributed by atoms with Crippen molar-refractivity contribution in [1.82, 2.24) is 15.0 Å². The third-order valence-corrected chi connectivity index (χ3v) is 1.33. The van der Waals surface area contributed by atoms with E-state index in [1.165, 1.54) is 12.7 Å². The Kier molecular flexibility index (Phi) is 2.58. The molecule has 0 aromatic carbocycles. The molecule has 0 spiro atoms. The molecule has 1 heterocycles. The molecular weight excluding hydrogens is 150 g/mol. The van der Waals surface area contributed by atoms with Crippen molar-refractivity contribution < 1.29 is 5.11 Å². The van der Waals surface area contributed by atoms with E-state index in [0.717, 1.165) is 0 Å². The normalized spacial score (nSPS) is 13.0. The quantitative estimate of drug-likeness (QED) is 0.585. The fourth-order valence-electron chi connectivity index (χ4n) is 0.502. The monoisotopic (exact) mass is 157 g/mol. The van der Waals surface area contributed by atoms with Crippen LogP contribution in [0, 0.1) is 0 Å². The van der Waals surface area contributed by atoms with Crippen LogP contribution in [-0.4, -0.2) is 25.8 Å². The van der Waals surface area contributed by atoms with E-state index in [2.05, 4.69) is 27.6 Å². The molecule has 1 aromatic heterocycles. The van der Waals surface area contributed by atoms with Crippen LogP contribution in [0.4, 0.5) is 0 Å². The molecule has 0 saturated carbocycles. The van der Waals surface area contributed by atoms with Gasteiger partial charge in [0.05, 0.1) is 0 Å². The molecule has 1 atom stereocenters. The van der Waals surface area contributed by atoms with Gasteiger partial charge in [-0.05, 0) is 0 Å². The summed E-state index contributed by atoms with van der Waals surface area (Å²) < 4.78 is 0. The molecule has 0 aliphatic rings. The predicted molar refractivity (Wildman–Crippen MR) is 38.6 cm³/mol. The Bertz CT molecular complexity index is 193. The van der Waals surface area contributed by atoms with Crippen LogP contribution in [0.15, 0.2) is 12.7 Å². The summed E-state index contributed by atoms with van der Waals surface area (Å²) in [7, 11) is 0. The number of thiol groups is 1. The standard InChI is InChI=1S/C5H7N3OS/c9-4(1-10)5-7-2-6-3-8-5/h2-4,9-10H,1H2. The molecule has 10 heavy (non-hydrogen) atoms. The van der Waals surface area contributed by atoms with Crippen LogP contribution >= 0.6 is 12.6 Å². The number of aliphatic hydroxyl groups is 1. The van der Waals surface area contributed by atoms with Crippen molar-refractivity contribution in [2.75, 3.05) is 5.75 Å². The van der Waals surface area contributed by atoms with Gasteiger partial charge in [-0.25, -0.2) is 15.0 Å². The Hall–Kier alpha value is -0.680. The molecule has 0 amide bonds. The minimum atomic E-state index is -0.689. The minimum Gasteiger partial charge on any atom is -0.384 e. The molecule has 1 rings (SSSR count). The highest BCUT2D eigenvalue weighted by molar-refractivity contribution is 7.80. The molecule has 54 valence electrons. The Morgan fingerprint density at radius 1 is 1.50 bits per heavy atom. The van der Waals surface area contributed by atoms with E-state index in [0.29, 0.717) is 11.6 Å². The summed E-state index contributed by atoms with van der Waals surface area (Å²) >= 11 is 3.88. The van der Waals surface area contributed by atoms with Crippen LogP contribution < -0.4 is 0 Å². The average Bonchev–Trinajstić information content (AvgIpc) is 2.05. The van der Waals surface area contributed by atoms with Crippen LogP contribution in [0.2, 0.25) is 0 Å². The third kappa shape index (κ3) is 1.65. The number of rotatable bonds is 2. The molecule has 1 unspecified atom stereocenters. The molecule has 1 aromatic rings. The summed E-state index contributed by atoms with van der Waals surface area (Å²) in [6.45, 7) is 0. The molecule has 0 aliphatic heterocycles. The van der Waals surface area contributed by atoms with E-state index in [9.17, 15) is 0 Å². The van der Waals surface area contributed by atoms with Crippen LogP contribution in [0.3, 0.4) is 0 Å². The molecule has 0 saturated heterocycles. The zero-order valence-corrected chi connectivity index (χ0v) is 6.07. The van der Waals surface area contributed by atoms with Gasteiger partial charge in [-0.3, -0.25) is 0 Å². The number of nitrogens with zero attached hydrogens (tertiary/aromatic N) is 3. The van der Waals surface area contributed by atoms with Gasteiger partial charge in [0.25, 0.3) is 0 Å². The summed E-state index contributed by atoms with van der Waals surface area (Å²) in [5, 5.41) is 9.10. The number of hydrogen-bond acceptors (Lipinski definition) is 5. The second-order valence-corrected chi connectivity index (χ2v) is 2.06. The van der Waals surface area contributed by atoms with Gasteiger partial charge in [0, 0.05) is 5.75 Å². The van der Waals surface area contributed by atoms with Gasteiger partial charge in [-0.15, -0.1) is 0 Å². The molecule has 1 N–H and O–H groups in total. The summed E-state index contributed by atoms with van der Waals surface area (Å²) in [5.41, 5.74) is 0. The van der Waals surface area contributed by atoms with E-state index in [1.807, 2.05) is 0 Å². The number of aliphatic hydroxyl groups excluding tert-OH is 1. The first-order valence-corrected chi connectivity index (χ1v) is 3.38. The second kappa shape index (κ2) is 3.48. The molecular formula is C5H7N3OS. The fraction of sp³-hybridized carbons (Fsp3) is 0.400. The molecule has 4 nitrogen and oxygen atoms in total. The summed E-state index contributed by atoms with van der Waals surface area (Å²) in [4.78, 5) is 11.1. The first-order valence-electron chi connectivity index (χ1n) is 2.75. The van der Waals surface area contributed by atoms with Crippen molar-refractivity contribution in [2.45, 2.75) is 6.10 Å². The summed E-state index contributed by atoms with van der Waals surface area (Å²) in [6.07, 6.45) is 2.00. The molecule has 5 heteroatoms. The minimum absolute atomic E-state index is 0.323. The first kappa shape index (κ1) is 7.43. The lowest BCUT2D eigenvalue weighted by Crippen LogP contribution is -2.04. The van der Waals surface area contributed by atoms with Crippen LogP contribution in [0.5, 0.6) is 0 Å². The lowest BCUT2D eigenvalue weighted by atomic mass is 10.4. The Labute approximate surface area is 63.8 Å². The van der Waals surface area contributed by atoms with Gasteiger partial charge in [-0.2, -0.15) is 12.6 Å². The zero-order chi connectivity index (χ0) is 7.40. The van der Waals surface area contributed by atoms with E-state index in [4.69, 9.17) is 5.11 Å². The molecule has 0 radical (unpaired) electrons. The first-order chi connectivity index (χ1) is 4.84. The van der Waals surface area contributed by atoms with Gasteiger partial charge in [-0.1, -0.05) is 0 Å². The maximum absolute atomic E-state index is 9.10. The van der Waals surface area contributed by atoms with E-state index in [1.54, 1.807) is 0 Å². The topological polar surface area (TPSA) is 58.9 Å². The van der Waals surface area contributed by atoms with E-state index < -0.39 is 6.10 Å². The van der Waals surface area contributed by atoms with E-state index in [-0.39, 0.29) is 0 Å². The largest absolute Gasteiger partial charge is 0.384 e. The highest BCUT2D eigenvalue weighted by atomic mass is 32.1.